The van der Waals surface area contributed by atoms with Gasteiger partial charge in [-0.3, -0.25) is 24.6 Å². The van der Waals surface area contributed by atoms with E-state index in [9.17, 15) is 19.7 Å². The lowest BCUT2D eigenvalue weighted by Gasteiger charge is -2.12. The van der Waals surface area contributed by atoms with Crippen LogP contribution in [0, 0.1) is 10.1 Å². The van der Waals surface area contributed by atoms with Gasteiger partial charge < -0.3 is 4.57 Å². The largest absolute Gasteiger partial charge is 0.342 e. The van der Waals surface area contributed by atoms with Crippen molar-refractivity contribution < 1.29 is 14.5 Å². The molecule has 0 unspecified atom stereocenters. The van der Waals surface area contributed by atoms with Gasteiger partial charge in [0, 0.05) is 49.9 Å². The number of nitro benzene ring substituents is 1. The third-order valence-corrected chi connectivity index (χ3v) is 7.50. The molecule has 1 fully saturated rings. The third kappa shape index (κ3) is 4.51. The number of rotatable bonds is 6. The Hall–Kier alpha value is -3.59. The molecular weight excluding hydrogens is 521 g/mol. The minimum absolute atomic E-state index is 0.137. The van der Waals surface area contributed by atoms with Gasteiger partial charge in [-0.25, -0.2) is 0 Å². The lowest BCUT2D eigenvalue weighted by molar-refractivity contribution is -0.385. The summed E-state index contributed by atoms with van der Waals surface area (Å²) in [7, 11) is 0. The topological polar surface area (TPSA) is 85.5 Å². The molecule has 1 saturated heterocycles. The first-order valence-corrected chi connectivity index (χ1v) is 12.4. The summed E-state index contributed by atoms with van der Waals surface area (Å²) in [5.41, 5.74) is 2.60. The molecule has 5 rings (SSSR count). The van der Waals surface area contributed by atoms with Gasteiger partial charge in [-0.1, -0.05) is 65.7 Å². The van der Waals surface area contributed by atoms with Crippen LogP contribution in [0.25, 0.3) is 17.0 Å². The lowest BCUT2D eigenvalue weighted by atomic mass is 10.1. The molecule has 0 radical (unpaired) electrons. The number of aromatic nitrogens is 1. The van der Waals surface area contributed by atoms with Crippen LogP contribution in [0.4, 0.5) is 10.5 Å². The van der Waals surface area contributed by atoms with Crippen molar-refractivity contribution in [2.75, 3.05) is 0 Å². The van der Waals surface area contributed by atoms with E-state index in [1.807, 2.05) is 35.0 Å². The Morgan fingerprint density at radius 1 is 0.917 bits per heavy atom. The second-order valence-corrected chi connectivity index (χ2v) is 9.89. The van der Waals surface area contributed by atoms with Crippen LogP contribution in [0.5, 0.6) is 0 Å². The van der Waals surface area contributed by atoms with Crippen molar-refractivity contribution in [3.05, 3.63) is 115 Å². The summed E-state index contributed by atoms with van der Waals surface area (Å²) in [4.78, 5) is 37.9. The van der Waals surface area contributed by atoms with Crippen LogP contribution in [0.1, 0.15) is 16.7 Å². The average Bonchev–Trinajstić information content (AvgIpc) is 3.33. The molecule has 1 aliphatic rings. The number of imide groups is 1. The molecule has 0 N–H and O–H groups in total. The van der Waals surface area contributed by atoms with Gasteiger partial charge in [0.15, 0.2) is 0 Å². The molecule has 4 aromatic rings. The molecule has 1 aromatic heterocycles. The van der Waals surface area contributed by atoms with Crippen LogP contribution in [-0.4, -0.2) is 25.5 Å². The zero-order valence-corrected chi connectivity index (χ0v) is 20.9. The molecule has 1 aliphatic heterocycles. The number of nitro groups is 1. The lowest BCUT2D eigenvalue weighted by Crippen LogP contribution is -2.27. The number of halogens is 2. The monoisotopic (exact) mass is 537 g/mol. The standard InChI is InChI=1S/C26H17Cl2N3O4S/c27-20-8-5-9-21(28)19(20)15-29-13-17(18-7-2-4-11-23(18)29)12-24-25(32)30(26(33)36-24)14-16-6-1-3-10-22(16)31(34)35/h1-13H,14-15H2/b24-12-. The van der Waals surface area contributed by atoms with Crippen molar-refractivity contribution in [2.24, 2.45) is 0 Å². The Morgan fingerprint density at radius 2 is 1.61 bits per heavy atom. The van der Waals surface area contributed by atoms with Gasteiger partial charge in [-0.05, 0) is 36.0 Å². The molecule has 36 heavy (non-hydrogen) atoms. The first-order chi connectivity index (χ1) is 17.3. The van der Waals surface area contributed by atoms with Gasteiger partial charge in [0.25, 0.3) is 16.8 Å². The van der Waals surface area contributed by atoms with Gasteiger partial charge in [0.2, 0.25) is 0 Å². The van der Waals surface area contributed by atoms with E-state index < -0.39 is 16.1 Å². The molecule has 0 bridgehead atoms. The highest BCUT2D eigenvalue weighted by atomic mass is 35.5. The van der Waals surface area contributed by atoms with Crippen LogP contribution in [-0.2, 0) is 17.9 Å². The zero-order chi connectivity index (χ0) is 25.4. The molecule has 0 atom stereocenters. The second-order valence-electron chi connectivity index (χ2n) is 8.08. The smallest absolute Gasteiger partial charge is 0.293 e. The normalized spacial score (nSPS) is 14.8. The van der Waals surface area contributed by atoms with Crippen molar-refractivity contribution in [3.8, 4) is 0 Å². The number of para-hydroxylation sites is 2. The highest BCUT2D eigenvalue weighted by Gasteiger charge is 2.36. The van der Waals surface area contributed by atoms with E-state index in [1.165, 1.54) is 6.07 Å². The molecule has 2 amide bonds. The van der Waals surface area contributed by atoms with Crippen molar-refractivity contribution in [2.45, 2.75) is 13.1 Å². The fraction of sp³-hybridized carbons (Fsp3) is 0.0769. The highest BCUT2D eigenvalue weighted by molar-refractivity contribution is 8.18. The first kappa shape index (κ1) is 24.1. The van der Waals surface area contributed by atoms with Crippen LogP contribution in [0.15, 0.2) is 77.8 Å². The number of benzene rings is 3. The number of carbonyl (C=O) groups is 2. The van der Waals surface area contributed by atoms with Crippen LogP contribution < -0.4 is 0 Å². The maximum Gasteiger partial charge on any atom is 0.293 e. The van der Waals surface area contributed by atoms with Crippen molar-refractivity contribution in [3.63, 3.8) is 0 Å². The van der Waals surface area contributed by atoms with Crippen molar-refractivity contribution in [1.82, 2.24) is 9.47 Å². The number of hydrogen-bond donors (Lipinski definition) is 0. The van der Waals surface area contributed by atoms with Gasteiger partial charge in [0.1, 0.15) is 0 Å². The Balaban J connectivity index is 1.48. The number of amides is 2. The molecule has 3 aromatic carbocycles. The molecule has 0 spiro atoms. The van der Waals surface area contributed by atoms with E-state index in [1.54, 1.807) is 42.5 Å². The second kappa shape index (κ2) is 9.81. The summed E-state index contributed by atoms with van der Waals surface area (Å²) < 4.78 is 1.99. The van der Waals surface area contributed by atoms with E-state index in [-0.39, 0.29) is 17.1 Å². The molecule has 2 heterocycles. The SMILES string of the molecule is O=C1S/C(=C\c2cn(Cc3c(Cl)cccc3Cl)c3ccccc23)C(=O)N1Cc1ccccc1[N+](=O)[O-]. The van der Waals surface area contributed by atoms with Gasteiger partial charge >= 0.3 is 0 Å². The minimum Gasteiger partial charge on any atom is -0.342 e. The Morgan fingerprint density at radius 3 is 2.36 bits per heavy atom. The van der Waals surface area contributed by atoms with E-state index in [2.05, 4.69) is 0 Å². The van der Waals surface area contributed by atoms with E-state index in [4.69, 9.17) is 23.2 Å². The fourth-order valence-electron chi connectivity index (χ4n) is 4.15. The summed E-state index contributed by atoms with van der Waals surface area (Å²) in [5.74, 6) is -0.492. The van der Waals surface area contributed by atoms with Gasteiger partial charge in [-0.15, -0.1) is 0 Å². The number of fused-ring (bicyclic) bond motifs is 1. The van der Waals surface area contributed by atoms with Crippen molar-refractivity contribution >= 4 is 68.8 Å². The van der Waals surface area contributed by atoms with E-state index >= 15 is 0 Å². The number of thioether (sulfide) groups is 1. The van der Waals surface area contributed by atoms with Crippen LogP contribution in [0.3, 0.4) is 0 Å². The minimum atomic E-state index is -0.523. The fourth-order valence-corrected chi connectivity index (χ4v) is 5.49. The third-order valence-electron chi connectivity index (χ3n) is 5.89. The number of carbonyl (C=O) groups excluding carboxylic acids is 2. The maximum absolute atomic E-state index is 13.1. The Bertz CT molecular complexity index is 1560. The summed E-state index contributed by atoms with van der Waals surface area (Å²) in [6.07, 6.45) is 3.57. The molecule has 10 heteroatoms. The predicted molar refractivity (Wildman–Crippen MR) is 142 cm³/mol. The molecule has 0 saturated carbocycles. The highest BCUT2D eigenvalue weighted by Crippen LogP contribution is 2.36. The van der Waals surface area contributed by atoms with Gasteiger partial charge in [-0.2, -0.15) is 0 Å². The maximum atomic E-state index is 13.1. The van der Waals surface area contributed by atoms with Crippen LogP contribution >= 0.6 is 35.0 Å². The molecule has 0 aliphatic carbocycles. The Labute approximate surface area is 220 Å². The summed E-state index contributed by atoms with van der Waals surface area (Å²) in [5, 5.41) is 12.9. The molecule has 180 valence electrons. The molecule has 7 nitrogen and oxygen atoms in total. The molecular formula is C26H17Cl2N3O4S. The van der Waals surface area contributed by atoms with Gasteiger partial charge in [0.05, 0.1) is 22.9 Å². The average molecular weight is 538 g/mol. The summed E-state index contributed by atoms with van der Waals surface area (Å²) in [6, 6.07) is 19.1. The summed E-state index contributed by atoms with van der Waals surface area (Å²) >= 11 is 13.6. The van der Waals surface area contributed by atoms with Crippen LogP contribution in [0.2, 0.25) is 10.0 Å². The Kier molecular flexibility index (Phi) is 6.57. The van der Waals surface area contributed by atoms with Crippen molar-refractivity contribution in [1.29, 1.82) is 0 Å². The zero-order valence-electron chi connectivity index (χ0n) is 18.6. The summed E-state index contributed by atoms with van der Waals surface area (Å²) in [6.45, 7) is 0.248. The number of nitrogens with zero attached hydrogens (tertiary/aromatic N) is 3. The van der Waals surface area contributed by atoms with E-state index in [0.717, 1.165) is 38.7 Å². The predicted octanol–water partition coefficient (Wildman–Crippen LogP) is 7.14. The van der Waals surface area contributed by atoms with E-state index in [0.29, 0.717) is 22.2 Å². The first-order valence-electron chi connectivity index (χ1n) is 10.8. The number of hydrogen-bond acceptors (Lipinski definition) is 5. The quantitative estimate of drug-likeness (QED) is 0.148.